The predicted octanol–water partition coefficient (Wildman–Crippen LogP) is 14.5. The van der Waals surface area contributed by atoms with Gasteiger partial charge in [0.25, 0.3) is 0 Å². The molecule has 0 spiro atoms. The third-order valence-corrected chi connectivity index (χ3v) is 11.6. The molecule has 0 amide bonds. The number of hydrogen-bond acceptors (Lipinski definition) is 2. The van der Waals surface area contributed by atoms with E-state index in [0.29, 0.717) is 0 Å². The van der Waals surface area contributed by atoms with Crippen LogP contribution in [0.15, 0.2) is 180 Å². The molecule has 11 rings (SSSR count). The van der Waals surface area contributed by atoms with Crippen molar-refractivity contribution >= 4 is 71.3 Å². The van der Waals surface area contributed by atoms with Crippen LogP contribution in [0.4, 0.5) is 17.1 Å². The number of hydrogen-bond donors (Lipinski definition) is 0. The lowest BCUT2D eigenvalue weighted by Crippen LogP contribution is -2.16. The molecule has 0 N–H and O–H groups in total. The minimum absolute atomic E-state index is 0.0848. The second kappa shape index (κ2) is 11.2. The molecule has 2 nitrogen and oxygen atoms in total. The van der Waals surface area contributed by atoms with Crippen LogP contribution >= 0.6 is 0 Å². The Balaban J connectivity index is 1.10. The van der Waals surface area contributed by atoms with Gasteiger partial charge in [0.15, 0.2) is 0 Å². The van der Waals surface area contributed by atoms with Crippen molar-refractivity contribution in [3.05, 3.63) is 187 Å². The first-order chi connectivity index (χ1) is 26.0. The molecule has 9 aromatic carbocycles. The molecule has 0 fully saturated rings. The number of para-hydroxylation sites is 2. The lowest BCUT2D eigenvalue weighted by Gasteiger charge is -2.28. The minimum atomic E-state index is -0.0848. The van der Waals surface area contributed by atoms with E-state index in [9.17, 15) is 0 Å². The van der Waals surface area contributed by atoms with Crippen molar-refractivity contribution in [2.24, 2.45) is 0 Å². The van der Waals surface area contributed by atoms with Crippen LogP contribution in [0.1, 0.15) is 25.0 Å². The van der Waals surface area contributed by atoms with E-state index < -0.39 is 0 Å². The average Bonchev–Trinajstić information content (AvgIpc) is 3.70. The topological polar surface area (TPSA) is 16.4 Å². The standard InChI is InChI=1S/C51H35NO/c1-51(2)45-21-10-8-18-39(45)40-26-24-36(31-46(40)51)52(34-14-4-3-5-15-34)35-16-12-13-32(29-35)33-23-25-38-37-17-6-7-19-41(37)49-42(44(38)30-33)27-28-48-50(49)43-20-9-11-22-47(43)53-48/h3-31H,1-2H3. The van der Waals surface area contributed by atoms with Gasteiger partial charge in [-0.1, -0.05) is 129 Å². The molecule has 53 heavy (non-hydrogen) atoms. The molecule has 0 radical (unpaired) electrons. The van der Waals surface area contributed by atoms with Gasteiger partial charge in [0.2, 0.25) is 0 Å². The highest BCUT2D eigenvalue weighted by atomic mass is 16.3. The van der Waals surface area contributed by atoms with Crippen LogP contribution < -0.4 is 4.90 Å². The number of benzene rings is 9. The summed E-state index contributed by atoms with van der Waals surface area (Å²) in [5, 5.41) is 9.83. The summed E-state index contributed by atoms with van der Waals surface area (Å²) in [6.07, 6.45) is 0. The van der Waals surface area contributed by atoms with Crippen molar-refractivity contribution in [3.63, 3.8) is 0 Å². The molecule has 250 valence electrons. The molecule has 0 aliphatic heterocycles. The van der Waals surface area contributed by atoms with E-state index in [0.717, 1.165) is 33.6 Å². The van der Waals surface area contributed by atoms with E-state index in [4.69, 9.17) is 4.42 Å². The maximum Gasteiger partial charge on any atom is 0.136 e. The molecule has 2 heteroatoms. The summed E-state index contributed by atoms with van der Waals surface area (Å²) >= 11 is 0. The van der Waals surface area contributed by atoms with Crippen LogP contribution in [0.2, 0.25) is 0 Å². The summed E-state index contributed by atoms with van der Waals surface area (Å²) in [5.41, 5.74) is 12.9. The van der Waals surface area contributed by atoms with E-state index in [2.05, 4.69) is 189 Å². The Morgan fingerprint density at radius 1 is 0.377 bits per heavy atom. The first kappa shape index (κ1) is 30.0. The quantitative estimate of drug-likeness (QED) is 0.172. The van der Waals surface area contributed by atoms with Gasteiger partial charge in [-0.2, -0.15) is 0 Å². The SMILES string of the molecule is CC1(C)c2ccccc2-c2ccc(N(c3ccccc3)c3cccc(-c4ccc5c6ccccc6c6c(ccc7oc8ccccc8c76)c5c4)c3)cc21. The Labute approximate surface area is 308 Å². The zero-order valence-electron chi connectivity index (χ0n) is 29.6. The predicted molar refractivity (Wildman–Crippen MR) is 224 cm³/mol. The van der Waals surface area contributed by atoms with E-state index in [-0.39, 0.29) is 5.41 Å². The van der Waals surface area contributed by atoms with E-state index >= 15 is 0 Å². The second-order valence-electron chi connectivity index (χ2n) is 14.9. The Kier molecular flexibility index (Phi) is 6.33. The molecule has 0 atom stereocenters. The van der Waals surface area contributed by atoms with E-state index in [1.807, 2.05) is 6.07 Å². The third-order valence-electron chi connectivity index (χ3n) is 11.6. The second-order valence-corrected chi connectivity index (χ2v) is 14.9. The molecule has 0 unspecified atom stereocenters. The molecule has 0 saturated heterocycles. The molecule has 0 bridgehead atoms. The highest BCUT2D eigenvalue weighted by Crippen LogP contribution is 2.51. The van der Waals surface area contributed by atoms with Crippen LogP contribution in [-0.2, 0) is 5.41 Å². The van der Waals surface area contributed by atoms with Crippen LogP contribution in [0.5, 0.6) is 0 Å². The Morgan fingerprint density at radius 3 is 1.91 bits per heavy atom. The average molecular weight is 678 g/mol. The minimum Gasteiger partial charge on any atom is -0.456 e. The number of fused-ring (bicyclic) bond motifs is 13. The molecule has 1 aliphatic rings. The number of furan rings is 1. The lowest BCUT2D eigenvalue weighted by atomic mass is 9.82. The summed E-state index contributed by atoms with van der Waals surface area (Å²) in [6.45, 7) is 4.70. The van der Waals surface area contributed by atoms with Gasteiger partial charge in [-0.3, -0.25) is 0 Å². The number of nitrogens with zero attached hydrogens (tertiary/aromatic N) is 1. The van der Waals surface area contributed by atoms with Crippen molar-refractivity contribution in [2.45, 2.75) is 19.3 Å². The maximum atomic E-state index is 6.37. The van der Waals surface area contributed by atoms with Crippen LogP contribution in [-0.4, -0.2) is 0 Å². The van der Waals surface area contributed by atoms with Gasteiger partial charge < -0.3 is 9.32 Å². The van der Waals surface area contributed by atoms with Crippen molar-refractivity contribution < 1.29 is 4.42 Å². The van der Waals surface area contributed by atoms with Crippen molar-refractivity contribution in [1.29, 1.82) is 0 Å². The normalized spacial score (nSPS) is 13.2. The smallest absolute Gasteiger partial charge is 0.136 e. The molecular formula is C51H35NO. The highest BCUT2D eigenvalue weighted by Gasteiger charge is 2.35. The fraction of sp³-hybridized carbons (Fsp3) is 0.0588. The molecule has 1 aromatic heterocycles. The van der Waals surface area contributed by atoms with Crippen molar-refractivity contribution in [1.82, 2.24) is 0 Å². The number of rotatable bonds is 4. The zero-order chi connectivity index (χ0) is 35.3. The van der Waals surface area contributed by atoms with Gasteiger partial charge in [0.05, 0.1) is 0 Å². The molecule has 0 saturated carbocycles. The monoisotopic (exact) mass is 677 g/mol. The fourth-order valence-corrected chi connectivity index (χ4v) is 9.12. The van der Waals surface area contributed by atoms with Gasteiger partial charge in [0.1, 0.15) is 11.2 Å². The molecule has 1 heterocycles. The highest BCUT2D eigenvalue weighted by molar-refractivity contribution is 6.34. The van der Waals surface area contributed by atoms with Crippen LogP contribution in [0, 0.1) is 0 Å². The number of anilines is 3. The summed E-state index contributed by atoms with van der Waals surface area (Å²) < 4.78 is 6.37. The Hall–Kier alpha value is -6.64. The van der Waals surface area contributed by atoms with Gasteiger partial charge in [-0.05, 0) is 121 Å². The zero-order valence-corrected chi connectivity index (χ0v) is 29.6. The van der Waals surface area contributed by atoms with Crippen LogP contribution in [0.25, 0.3) is 76.5 Å². The van der Waals surface area contributed by atoms with Crippen molar-refractivity contribution in [2.75, 3.05) is 4.90 Å². The maximum absolute atomic E-state index is 6.37. The first-order valence-corrected chi connectivity index (χ1v) is 18.4. The van der Waals surface area contributed by atoms with Gasteiger partial charge in [-0.25, -0.2) is 0 Å². The summed E-state index contributed by atoms with van der Waals surface area (Å²) in [6, 6.07) is 64.2. The van der Waals surface area contributed by atoms with Crippen LogP contribution in [0.3, 0.4) is 0 Å². The first-order valence-electron chi connectivity index (χ1n) is 18.4. The van der Waals surface area contributed by atoms with E-state index in [1.54, 1.807) is 0 Å². The third kappa shape index (κ3) is 4.39. The van der Waals surface area contributed by atoms with Crippen molar-refractivity contribution in [3.8, 4) is 22.3 Å². The van der Waals surface area contributed by atoms with Gasteiger partial charge in [0, 0.05) is 38.6 Å². The molecule has 1 aliphatic carbocycles. The summed E-state index contributed by atoms with van der Waals surface area (Å²) in [4.78, 5) is 2.40. The van der Waals surface area contributed by atoms with Gasteiger partial charge in [-0.15, -0.1) is 0 Å². The fourth-order valence-electron chi connectivity index (χ4n) is 9.12. The lowest BCUT2D eigenvalue weighted by molar-refractivity contribution is 0.660. The summed E-state index contributed by atoms with van der Waals surface area (Å²) in [5.74, 6) is 0. The molecule has 10 aromatic rings. The Morgan fingerprint density at radius 2 is 1.02 bits per heavy atom. The Bertz CT molecular complexity index is 3090. The molecular weight excluding hydrogens is 643 g/mol. The van der Waals surface area contributed by atoms with Gasteiger partial charge >= 0.3 is 0 Å². The largest absolute Gasteiger partial charge is 0.456 e. The van der Waals surface area contributed by atoms with E-state index in [1.165, 1.54) is 71.1 Å². The summed E-state index contributed by atoms with van der Waals surface area (Å²) in [7, 11) is 0.